The summed E-state index contributed by atoms with van der Waals surface area (Å²) in [4.78, 5) is 27.0. The molecule has 0 radical (unpaired) electrons. The highest BCUT2D eigenvalue weighted by atomic mass is 16.6. The SMILES string of the molecule is CC(C)C(NC(=O)/C=C/c1cccc([N+](=O)[O-])c1)c1nc(C2CC2)no1. The second-order valence-corrected chi connectivity index (χ2v) is 6.68. The fourth-order valence-electron chi connectivity index (χ4n) is 2.51. The molecule has 1 heterocycles. The van der Waals surface area contributed by atoms with Crippen LogP contribution in [0.5, 0.6) is 0 Å². The molecule has 2 aromatic rings. The molecule has 0 aliphatic heterocycles. The van der Waals surface area contributed by atoms with Crippen LogP contribution < -0.4 is 5.32 Å². The predicted octanol–water partition coefficient (Wildman–Crippen LogP) is 3.38. The number of hydrogen-bond donors (Lipinski definition) is 1. The van der Waals surface area contributed by atoms with E-state index in [2.05, 4.69) is 15.5 Å². The zero-order valence-electron chi connectivity index (χ0n) is 14.6. The number of amides is 1. The molecular weight excluding hydrogens is 336 g/mol. The fourth-order valence-corrected chi connectivity index (χ4v) is 2.51. The van der Waals surface area contributed by atoms with Crippen LogP contribution in [0.3, 0.4) is 0 Å². The summed E-state index contributed by atoms with van der Waals surface area (Å²) in [5.41, 5.74) is 0.551. The maximum absolute atomic E-state index is 12.3. The lowest BCUT2D eigenvalue weighted by atomic mass is 10.0. The van der Waals surface area contributed by atoms with E-state index in [1.807, 2.05) is 13.8 Å². The van der Waals surface area contributed by atoms with E-state index in [4.69, 9.17) is 4.52 Å². The molecule has 8 heteroatoms. The molecule has 0 saturated heterocycles. The van der Waals surface area contributed by atoms with Crippen molar-refractivity contribution in [2.45, 2.75) is 38.6 Å². The Kier molecular flexibility index (Phi) is 5.11. The first kappa shape index (κ1) is 17.8. The van der Waals surface area contributed by atoms with Gasteiger partial charge in [0.2, 0.25) is 11.8 Å². The maximum atomic E-state index is 12.3. The van der Waals surface area contributed by atoms with Gasteiger partial charge in [-0.1, -0.05) is 31.1 Å². The van der Waals surface area contributed by atoms with Crippen molar-refractivity contribution in [3.63, 3.8) is 0 Å². The number of non-ortho nitro benzene ring substituents is 1. The summed E-state index contributed by atoms with van der Waals surface area (Å²) in [6, 6.07) is 5.68. The Morgan fingerprint density at radius 3 is 2.85 bits per heavy atom. The van der Waals surface area contributed by atoms with Gasteiger partial charge in [0.25, 0.3) is 5.69 Å². The highest BCUT2D eigenvalue weighted by Crippen LogP contribution is 2.38. The lowest BCUT2D eigenvalue weighted by Gasteiger charge is -2.17. The molecule has 1 aromatic carbocycles. The Morgan fingerprint density at radius 2 is 2.19 bits per heavy atom. The Labute approximate surface area is 150 Å². The van der Waals surface area contributed by atoms with Crippen molar-refractivity contribution in [1.29, 1.82) is 0 Å². The number of carbonyl (C=O) groups excluding carboxylic acids is 1. The van der Waals surface area contributed by atoms with E-state index in [9.17, 15) is 14.9 Å². The fraction of sp³-hybridized carbons (Fsp3) is 0.389. The Morgan fingerprint density at radius 1 is 1.42 bits per heavy atom. The monoisotopic (exact) mass is 356 g/mol. The number of nitrogens with zero attached hydrogens (tertiary/aromatic N) is 3. The van der Waals surface area contributed by atoms with E-state index >= 15 is 0 Å². The van der Waals surface area contributed by atoms with Crippen LogP contribution in [0, 0.1) is 16.0 Å². The normalized spacial score (nSPS) is 15.3. The van der Waals surface area contributed by atoms with Crippen LogP contribution in [0.1, 0.15) is 55.9 Å². The minimum absolute atomic E-state index is 0.0221. The largest absolute Gasteiger partial charge is 0.340 e. The predicted molar refractivity (Wildman–Crippen MR) is 94.1 cm³/mol. The first-order valence-electron chi connectivity index (χ1n) is 8.50. The van der Waals surface area contributed by atoms with Gasteiger partial charge in [-0.15, -0.1) is 0 Å². The number of nitro groups is 1. The second-order valence-electron chi connectivity index (χ2n) is 6.68. The van der Waals surface area contributed by atoms with Gasteiger partial charge in [0.05, 0.1) is 4.92 Å². The van der Waals surface area contributed by atoms with E-state index in [0.717, 1.165) is 12.8 Å². The van der Waals surface area contributed by atoms with Crippen LogP contribution in [0.4, 0.5) is 5.69 Å². The number of carbonyl (C=O) groups is 1. The molecule has 1 aromatic heterocycles. The van der Waals surface area contributed by atoms with Crippen LogP contribution in [0.2, 0.25) is 0 Å². The number of nitrogens with one attached hydrogen (secondary N) is 1. The van der Waals surface area contributed by atoms with Gasteiger partial charge in [0.1, 0.15) is 6.04 Å². The van der Waals surface area contributed by atoms with Crippen LogP contribution in [-0.4, -0.2) is 21.0 Å². The van der Waals surface area contributed by atoms with E-state index in [-0.39, 0.29) is 17.5 Å². The average molecular weight is 356 g/mol. The highest BCUT2D eigenvalue weighted by Gasteiger charge is 2.31. The zero-order valence-corrected chi connectivity index (χ0v) is 14.6. The maximum Gasteiger partial charge on any atom is 0.270 e. The van der Waals surface area contributed by atoms with Crippen molar-refractivity contribution in [2.75, 3.05) is 0 Å². The average Bonchev–Trinajstić information content (AvgIpc) is 3.35. The topological polar surface area (TPSA) is 111 Å². The van der Waals surface area contributed by atoms with Gasteiger partial charge in [-0.25, -0.2) is 0 Å². The third-order valence-electron chi connectivity index (χ3n) is 4.14. The Hall–Kier alpha value is -3.03. The molecule has 8 nitrogen and oxygen atoms in total. The Bertz CT molecular complexity index is 839. The summed E-state index contributed by atoms with van der Waals surface area (Å²) in [6.45, 7) is 3.91. The van der Waals surface area contributed by atoms with Crippen molar-refractivity contribution >= 4 is 17.7 Å². The van der Waals surface area contributed by atoms with Crippen molar-refractivity contribution in [3.05, 3.63) is 57.7 Å². The third kappa shape index (κ3) is 4.33. The molecule has 1 unspecified atom stereocenters. The number of hydrogen-bond acceptors (Lipinski definition) is 6. The second kappa shape index (κ2) is 7.47. The summed E-state index contributed by atoms with van der Waals surface area (Å²) in [5, 5.41) is 17.6. The molecule has 1 N–H and O–H groups in total. The van der Waals surface area contributed by atoms with Gasteiger partial charge >= 0.3 is 0 Å². The zero-order chi connectivity index (χ0) is 18.7. The molecule has 1 atom stereocenters. The van der Waals surface area contributed by atoms with Gasteiger partial charge in [-0.05, 0) is 30.4 Å². The molecule has 1 fully saturated rings. The molecular formula is C18H20N4O4. The summed E-state index contributed by atoms with van der Waals surface area (Å²) in [6.07, 6.45) is 5.02. The van der Waals surface area contributed by atoms with Gasteiger partial charge in [0, 0.05) is 24.1 Å². The summed E-state index contributed by atoms with van der Waals surface area (Å²) in [5.74, 6) is 1.22. The van der Waals surface area contributed by atoms with E-state index in [1.165, 1.54) is 24.3 Å². The summed E-state index contributed by atoms with van der Waals surface area (Å²) in [7, 11) is 0. The lowest BCUT2D eigenvalue weighted by molar-refractivity contribution is -0.384. The molecule has 0 bridgehead atoms. The molecule has 26 heavy (non-hydrogen) atoms. The van der Waals surface area contributed by atoms with E-state index in [1.54, 1.807) is 12.1 Å². The van der Waals surface area contributed by atoms with Gasteiger partial charge in [0.15, 0.2) is 5.82 Å². The Balaban J connectivity index is 1.67. The molecule has 1 saturated carbocycles. The van der Waals surface area contributed by atoms with Crippen molar-refractivity contribution in [3.8, 4) is 0 Å². The van der Waals surface area contributed by atoms with Crippen LogP contribution in [-0.2, 0) is 4.79 Å². The number of aromatic nitrogens is 2. The summed E-state index contributed by atoms with van der Waals surface area (Å²) >= 11 is 0. The van der Waals surface area contributed by atoms with Crippen molar-refractivity contribution in [1.82, 2.24) is 15.5 Å². The van der Waals surface area contributed by atoms with Crippen LogP contribution in [0.25, 0.3) is 6.08 Å². The van der Waals surface area contributed by atoms with Gasteiger partial charge < -0.3 is 9.84 Å². The first-order chi connectivity index (χ1) is 12.4. The number of nitro benzene ring substituents is 1. The number of benzene rings is 1. The molecule has 3 rings (SSSR count). The van der Waals surface area contributed by atoms with E-state index in [0.29, 0.717) is 23.2 Å². The molecule has 1 amide bonds. The van der Waals surface area contributed by atoms with Gasteiger partial charge in [-0.2, -0.15) is 4.98 Å². The minimum atomic E-state index is -0.473. The van der Waals surface area contributed by atoms with E-state index < -0.39 is 11.0 Å². The van der Waals surface area contributed by atoms with Gasteiger partial charge in [-0.3, -0.25) is 14.9 Å². The van der Waals surface area contributed by atoms with Crippen molar-refractivity contribution in [2.24, 2.45) is 5.92 Å². The van der Waals surface area contributed by atoms with Crippen molar-refractivity contribution < 1.29 is 14.2 Å². The third-order valence-corrected chi connectivity index (χ3v) is 4.14. The summed E-state index contributed by atoms with van der Waals surface area (Å²) < 4.78 is 5.32. The highest BCUT2D eigenvalue weighted by molar-refractivity contribution is 5.92. The van der Waals surface area contributed by atoms with Crippen LogP contribution >= 0.6 is 0 Å². The quantitative estimate of drug-likeness (QED) is 0.462. The lowest BCUT2D eigenvalue weighted by Crippen LogP contribution is -2.30. The minimum Gasteiger partial charge on any atom is -0.340 e. The number of rotatable bonds is 7. The smallest absolute Gasteiger partial charge is 0.270 e. The molecule has 1 aliphatic rings. The standard InChI is InChI=1S/C18H20N4O4/c1-11(2)16(18-20-17(21-26-18)13-7-8-13)19-15(23)9-6-12-4-3-5-14(10-12)22(24)25/h3-6,9-11,13,16H,7-8H2,1-2H3,(H,19,23)/b9-6+. The van der Waals surface area contributed by atoms with Crippen LogP contribution in [0.15, 0.2) is 34.9 Å². The molecule has 1 aliphatic carbocycles. The first-order valence-corrected chi connectivity index (χ1v) is 8.50. The molecule has 136 valence electrons. The molecule has 0 spiro atoms.